The second-order valence-electron chi connectivity index (χ2n) is 9.12. The van der Waals surface area contributed by atoms with Gasteiger partial charge in [-0.1, -0.05) is 32.9 Å². The van der Waals surface area contributed by atoms with Gasteiger partial charge in [0.2, 0.25) is 15.9 Å². The molecule has 1 aromatic rings. The van der Waals surface area contributed by atoms with Crippen LogP contribution in [0.5, 0.6) is 0 Å². The minimum absolute atomic E-state index is 0.228. The molecule has 1 amide bonds. The highest BCUT2D eigenvalue weighted by molar-refractivity contribution is 7.89. The van der Waals surface area contributed by atoms with Crippen LogP contribution in [0.25, 0.3) is 0 Å². The standard InChI is InChI=1S/C23H36N2O3S/c1-18(2)22-12-6-19(3)14-17-25(22)23(26)13-9-20-7-10-21(11-8-20)29(27,28)24-15-4-5-16-24/h7-8,10-11,18-19,22H,4-6,9,12-17H2,1-3H3. The molecule has 0 aromatic heterocycles. The third-order valence-corrected chi connectivity index (χ3v) is 8.47. The van der Waals surface area contributed by atoms with Crippen molar-refractivity contribution in [2.45, 2.75) is 76.7 Å². The molecule has 2 unspecified atom stereocenters. The van der Waals surface area contributed by atoms with Crippen LogP contribution in [0.2, 0.25) is 0 Å². The molecular weight excluding hydrogens is 384 g/mol. The molecule has 0 radical (unpaired) electrons. The van der Waals surface area contributed by atoms with E-state index in [0.29, 0.717) is 48.7 Å². The number of aryl methyl sites for hydroxylation is 1. The molecule has 2 saturated heterocycles. The number of hydrogen-bond donors (Lipinski definition) is 0. The van der Waals surface area contributed by atoms with Gasteiger partial charge in [0, 0.05) is 32.1 Å². The largest absolute Gasteiger partial charge is 0.339 e. The number of likely N-dealkylation sites (tertiary alicyclic amines) is 1. The lowest BCUT2D eigenvalue weighted by molar-refractivity contribution is -0.134. The molecule has 2 fully saturated rings. The number of hydrogen-bond acceptors (Lipinski definition) is 3. The molecule has 0 spiro atoms. The molecule has 0 bridgehead atoms. The highest BCUT2D eigenvalue weighted by atomic mass is 32.2. The Hall–Kier alpha value is -1.40. The maximum Gasteiger partial charge on any atom is 0.243 e. The van der Waals surface area contributed by atoms with Crippen LogP contribution in [0.1, 0.15) is 64.9 Å². The quantitative estimate of drug-likeness (QED) is 0.697. The molecule has 2 heterocycles. The molecule has 0 aliphatic carbocycles. The van der Waals surface area contributed by atoms with E-state index in [-0.39, 0.29) is 5.91 Å². The van der Waals surface area contributed by atoms with E-state index in [1.807, 2.05) is 12.1 Å². The zero-order valence-corrected chi connectivity index (χ0v) is 19.0. The van der Waals surface area contributed by atoms with Crippen LogP contribution in [0, 0.1) is 11.8 Å². The van der Waals surface area contributed by atoms with Crippen molar-refractivity contribution in [2.75, 3.05) is 19.6 Å². The van der Waals surface area contributed by atoms with Gasteiger partial charge >= 0.3 is 0 Å². The lowest BCUT2D eigenvalue weighted by atomic mass is 9.95. The predicted octanol–water partition coefficient (Wildman–Crippen LogP) is 4.08. The molecule has 6 heteroatoms. The highest BCUT2D eigenvalue weighted by Crippen LogP contribution is 2.27. The monoisotopic (exact) mass is 420 g/mol. The van der Waals surface area contributed by atoms with Gasteiger partial charge in [0.05, 0.1) is 4.90 Å². The van der Waals surface area contributed by atoms with Gasteiger partial charge in [-0.05, 0) is 68.1 Å². The van der Waals surface area contributed by atoms with E-state index in [2.05, 4.69) is 25.7 Å². The van der Waals surface area contributed by atoms with E-state index < -0.39 is 10.0 Å². The molecule has 5 nitrogen and oxygen atoms in total. The van der Waals surface area contributed by atoms with E-state index in [4.69, 9.17) is 0 Å². The van der Waals surface area contributed by atoms with Crippen LogP contribution in [0.4, 0.5) is 0 Å². The van der Waals surface area contributed by atoms with Crippen LogP contribution in [-0.2, 0) is 21.2 Å². The SMILES string of the molecule is CC1CCC(C(C)C)N(C(=O)CCc2ccc(S(=O)(=O)N3CCCC3)cc2)CC1. The van der Waals surface area contributed by atoms with Crippen molar-refractivity contribution in [3.8, 4) is 0 Å². The Kier molecular flexibility index (Phi) is 7.38. The number of carbonyl (C=O) groups excluding carboxylic acids is 1. The molecule has 1 aromatic carbocycles. The minimum Gasteiger partial charge on any atom is -0.339 e. The zero-order valence-electron chi connectivity index (χ0n) is 18.1. The van der Waals surface area contributed by atoms with Gasteiger partial charge in [-0.3, -0.25) is 4.79 Å². The van der Waals surface area contributed by atoms with Crippen molar-refractivity contribution in [1.29, 1.82) is 0 Å². The van der Waals surface area contributed by atoms with Gasteiger partial charge in [-0.25, -0.2) is 8.42 Å². The van der Waals surface area contributed by atoms with Crippen LogP contribution in [0.3, 0.4) is 0 Å². The Morgan fingerprint density at radius 2 is 1.69 bits per heavy atom. The fourth-order valence-electron chi connectivity index (χ4n) is 4.58. The van der Waals surface area contributed by atoms with Crippen molar-refractivity contribution < 1.29 is 13.2 Å². The molecule has 0 saturated carbocycles. The van der Waals surface area contributed by atoms with Crippen LogP contribution >= 0.6 is 0 Å². The number of amides is 1. The first kappa shape index (κ1) is 22.3. The molecule has 162 valence electrons. The Balaban J connectivity index is 1.61. The van der Waals surface area contributed by atoms with Gasteiger partial charge in [0.25, 0.3) is 0 Å². The third kappa shape index (κ3) is 5.40. The fraction of sp³-hybridized carbons (Fsp3) is 0.696. The Bertz CT molecular complexity index is 783. The van der Waals surface area contributed by atoms with Crippen LogP contribution in [-0.4, -0.2) is 49.2 Å². The van der Waals surface area contributed by atoms with Crippen LogP contribution in [0.15, 0.2) is 29.2 Å². The number of benzene rings is 1. The molecule has 2 atom stereocenters. The Labute approximate surface area is 176 Å². The molecule has 2 aliphatic rings. The van der Waals surface area contributed by atoms with E-state index in [0.717, 1.165) is 37.8 Å². The maximum atomic E-state index is 13.0. The molecule has 2 aliphatic heterocycles. The molecule has 29 heavy (non-hydrogen) atoms. The smallest absolute Gasteiger partial charge is 0.243 e. The van der Waals surface area contributed by atoms with E-state index in [9.17, 15) is 13.2 Å². The number of nitrogens with zero attached hydrogens (tertiary/aromatic N) is 2. The lowest BCUT2D eigenvalue weighted by Gasteiger charge is -2.33. The first-order chi connectivity index (χ1) is 13.8. The third-order valence-electron chi connectivity index (χ3n) is 6.56. The molecule has 0 N–H and O–H groups in total. The van der Waals surface area contributed by atoms with Crippen molar-refractivity contribution in [3.63, 3.8) is 0 Å². The average Bonchev–Trinajstić information content (AvgIpc) is 3.17. The maximum absolute atomic E-state index is 13.0. The Morgan fingerprint density at radius 1 is 1.03 bits per heavy atom. The molecule has 3 rings (SSSR count). The molecular formula is C23H36N2O3S. The summed E-state index contributed by atoms with van der Waals surface area (Å²) in [7, 11) is -3.37. The first-order valence-electron chi connectivity index (χ1n) is 11.2. The topological polar surface area (TPSA) is 57.7 Å². The zero-order chi connectivity index (χ0) is 21.0. The van der Waals surface area contributed by atoms with Crippen molar-refractivity contribution >= 4 is 15.9 Å². The summed E-state index contributed by atoms with van der Waals surface area (Å²) in [6, 6.07) is 7.44. The van der Waals surface area contributed by atoms with Gasteiger partial charge < -0.3 is 4.90 Å². The lowest BCUT2D eigenvalue weighted by Crippen LogP contribution is -2.43. The fourth-order valence-corrected chi connectivity index (χ4v) is 6.10. The summed E-state index contributed by atoms with van der Waals surface area (Å²) in [4.78, 5) is 15.4. The van der Waals surface area contributed by atoms with E-state index >= 15 is 0 Å². The van der Waals surface area contributed by atoms with Gasteiger partial charge in [-0.2, -0.15) is 4.31 Å². The van der Waals surface area contributed by atoms with E-state index in [1.165, 1.54) is 6.42 Å². The number of rotatable bonds is 6. The number of carbonyl (C=O) groups is 1. The van der Waals surface area contributed by atoms with Crippen molar-refractivity contribution in [2.24, 2.45) is 11.8 Å². The average molecular weight is 421 g/mol. The summed E-state index contributed by atoms with van der Waals surface area (Å²) in [6.45, 7) is 8.79. The second kappa shape index (κ2) is 9.61. The van der Waals surface area contributed by atoms with Gasteiger partial charge in [-0.15, -0.1) is 0 Å². The predicted molar refractivity (Wildman–Crippen MR) is 116 cm³/mol. The summed E-state index contributed by atoms with van der Waals surface area (Å²) in [5.74, 6) is 1.38. The van der Waals surface area contributed by atoms with Crippen LogP contribution < -0.4 is 0 Å². The summed E-state index contributed by atoms with van der Waals surface area (Å²) >= 11 is 0. The minimum atomic E-state index is -3.37. The number of sulfonamides is 1. The van der Waals surface area contributed by atoms with Gasteiger partial charge in [0.15, 0.2) is 0 Å². The summed E-state index contributed by atoms with van der Waals surface area (Å²) < 4.78 is 26.9. The normalized spacial score (nSPS) is 24.1. The second-order valence-corrected chi connectivity index (χ2v) is 11.1. The summed E-state index contributed by atoms with van der Waals surface area (Å²) in [6.07, 6.45) is 6.37. The summed E-state index contributed by atoms with van der Waals surface area (Å²) in [5.41, 5.74) is 1.02. The highest BCUT2D eigenvalue weighted by Gasteiger charge is 2.29. The van der Waals surface area contributed by atoms with Crippen molar-refractivity contribution in [3.05, 3.63) is 29.8 Å². The first-order valence-corrected chi connectivity index (χ1v) is 12.6. The summed E-state index contributed by atoms with van der Waals surface area (Å²) in [5, 5.41) is 0. The Morgan fingerprint density at radius 3 is 2.31 bits per heavy atom. The van der Waals surface area contributed by atoms with E-state index in [1.54, 1.807) is 16.4 Å². The van der Waals surface area contributed by atoms with Gasteiger partial charge in [0.1, 0.15) is 0 Å². The van der Waals surface area contributed by atoms with Crippen molar-refractivity contribution in [1.82, 2.24) is 9.21 Å².